The molecular weight excluding hydrogens is 314 g/mol. The molecule has 0 saturated carbocycles. The Bertz CT molecular complexity index is 694. The van der Waals surface area contributed by atoms with E-state index >= 15 is 0 Å². The van der Waals surface area contributed by atoms with E-state index in [4.69, 9.17) is 14.2 Å². The molecule has 1 aromatic heterocycles. The molecule has 1 aromatic carbocycles. The Morgan fingerprint density at radius 2 is 1.91 bits per heavy atom. The predicted molar refractivity (Wildman–Crippen MR) is 90.5 cm³/mol. The van der Waals surface area contributed by atoms with E-state index in [1.165, 1.54) is 11.3 Å². The number of aromatic nitrogens is 1. The summed E-state index contributed by atoms with van der Waals surface area (Å²) < 4.78 is 15.9. The van der Waals surface area contributed by atoms with Crippen LogP contribution in [0.15, 0.2) is 18.2 Å². The molecule has 6 heteroatoms. The summed E-state index contributed by atoms with van der Waals surface area (Å²) in [6.45, 7) is 6.26. The van der Waals surface area contributed by atoms with Gasteiger partial charge in [0.05, 0.1) is 31.5 Å². The molecule has 2 rings (SSSR count). The van der Waals surface area contributed by atoms with Crippen molar-refractivity contribution in [3.05, 3.63) is 28.1 Å². The summed E-state index contributed by atoms with van der Waals surface area (Å²) >= 11 is 1.33. The van der Waals surface area contributed by atoms with E-state index in [1.807, 2.05) is 32.9 Å². The van der Waals surface area contributed by atoms with Gasteiger partial charge in [0.15, 0.2) is 11.5 Å². The summed E-state index contributed by atoms with van der Waals surface area (Å²) in [5.41, 5.74) is 1.41. The van der Waals surface area contributed by atoms with Crippen molar-refractivity contribution in [3.8, 4) is 22.8 Å². The second kappa shape index (κ2) is 7.46. The molecule has 0 radical (unpaired) electrons. The number of methoxy groups -OCH3 is 2. The van der Waals surface area contributed by atoms with Gasteiger partial charge in [-0.2, -0.15) is 0 Å². The number of ether oxygens (including phenoxy) is 3. The summed E-state index contributed by atoms with van der Waals surface area (Å²) in [7, 11) is 3.16. The summed E-state index contributed by atoms with van der Waals surface area (Å²) in [6, 6.07) is 5.47. The third kappa shape index (κ3) is 4.01. The largest absolute Gasteiger partial charge is 0.493 e. The van der Waals surface area contributed by atoms with Crippen LogP contribution in [0.25, 0.3) is 11.3 Å². The normalized spacial score (nSPS) is 10.7. The van der Waals surface area contributed by atoms with E-state index in [0.717, 1.165) is 10.6 Å². The third-order valence-electron chi connectivity index (χ3n) is 3.12. The Balaban J connectivity index is 2.38. The van der Waals surface area contributed by atoms with Crippen LogP contribution in [-0.2, 0) is 4.74 Å². The number of nitrogens with zero attached hydrogens (tertiary/aromatic N) is 1. The maximum atomic E-state index is 12.3. The highest BCUT2D eigenvalue weighted by molar-refractivity contribution is 7.14. The van der Waals surface area contributed by atoms with Crippen molar-refractivity contribution in [1.82, 2.24) is 4.98 Å². The van der Waals surface area contributed by atoms with Crippen molar-refractivity contribution in [3.63, 3.8) is 0 Å². The summed E-state index contributed by atoms with van der Waals surface area (Å²) in [5.74, 6) is 1.18. The monoisotopic (exact) mass is 335 g/mol. The first-order valence-electron chi connectivity index (χ1n) is 7.33. The number of aryl methyl sites for hydroxylation is 1. The SMILES string of the molecule is COc1ccc(-c2nc(C)sc2C(=O)OCC(C)C)cc1OC. The molecule has 0 bridgehead atoms. The third-order valence-corrected chi connectivity index (χ3v) is 4.08. The maximum Gasteiger partial charge on any atom is 0.350 e. The molecule has 23 heavy (non-hydrogen) atoms. The fraction of sp³-hybridized carbons (Fsp3) is 0.412. The van der Waals surface area contributed by atoms with E-state index in [0.29, 0.717) is 28.7 Å². The van der Waals surface area contributed by atoms with Gasteiger partial charge in [-0.05, 0) is 31.0 Å². The van der Waals surface area contributed by atoms with Crippen molar-refractivity contribution in [2.75, 3.05) is 20.8 Å². The topological polar surface area (TPSA) is 57.7 Å². The number of hydrogen-bond acceptors (Lipinski definition) is 6. The number of carbonyl (C=O) groups excluding carboxylic acids is 1. The zero-order valence-electron chi connectivity index (χ0n) is 14.0. The van der Waals surface area contributed by atoms with Crippen LogP contribution in [0.5, 0.6) is 11.5 Å². The summed E-state index contributed by atoms with van der Waals surface area (Å²) in [4.78, 5) is 17.3. The van der Waals surface area contributed by atoms with Gasteiger partial charge < -0.3 is 14.2 Å². The Labute approximate surface area is 140 Å². The molecule has 0 saturated heterocycles. The number of hydrogen-bond donors (Lipinski definition) is 0. The van der Waals surface area contributed by atoms with Crippen LogP contribution in [0, 0.1) is 12.8 Å². The van der Waals surface area contributed by atoms with Crippen LogP contribution in [0.1, 0.15) is 28.5 Å². The van der Waals surface area contributed by atoms with E-state index in [1.54, 1.807) is 20.3 Å². The molecule has 124 valence electrons. The van der Waals surface area contributed by atoms with Gasteiger partial charge in [0.25, 0.3) is 0 Å². The van der Waals surface area contributed by atoms with Crippen LogP contribution in [0.2, 0.25) is 0 Å². The zero-order valence-corrected chi connectivity index (χ0v) is 14.8. The molecule has 0 atom stereocenters. The summed E-state index contributed by atoms with van der Waals surface area (Å²) in [5, 5.41) is 0.811. The molecule has 0 fully saturated rings. The van der Waals surface area contributed by atoms with Crippen molar-refractivity contribution in [1.29, 1.82) is 0 Å². The number of esters is 1. The lowest BCUT2D eigenvalue weighted by Gasteiger charge is -2.10. The first-order chi connectivity index (χ1) is 11.0. The molecule has 0 unspecified atom stereocenters. The lowest BCUT2D eigenvalue weighted by Crippen LogP contribution is -2.09. The molecule has 5 nitrogen and oxygen atoms in total. The summed E-state index contributed by atoms with van der Waals surface area (Å²) in [6.07, 6.45) is 0. The molecule has 0 spiro atoms. The smallest absolute Gasteiger partial charge is 0.350 e. The lowest BCUT2D eigenvalue weighted by atomic mass is 10.1. The first kappa shape index (κ1) is 17.3. The van der Waals surface area contributed by atoms with E-state index in [2.05, 4.69) is 4.98 Å². The van der Waals surface area contributed by atoms with E-state index in [9.17, 15) is 4.79 Å². The Morgan fingerprint density at radius 1 is 1.22 bits per heavy atom. The van der Waals surface area contributed by atoms with Crippen LogP contribution < -0.4 is 9.47 Å². The number of thiazole rings is 1. The van der Waals surface area contributed by atoms with Gasteiger partial charge in [0, 0.05) is 5.56 Å². The minimum atomic E-state index is -0.339. The number of rotatable bonds is 6. The lowest BCUT2D eigenvalue weighted by molar-refractivity contribution is 0.0465. The van der Waals surface area contributed by atoms with Crippen LogP contribution >= 0.6 is 11.3 Å². The van der Waals surface area contributed by atoms with Crippen LogP contribution in [-0.4, -0.2) is 31.8 Å². The Kier molecular flexibility index (Phi) is 5.60. The van der Waals surface area contributed by atoms with E-state index in [-0.39, 0.29) is 11.9 Å². The highest BCUT2D eigenvalue weighted by Crippen LogP contribution is 2.35. The fourth-order valence-corrected chi connectivity index (χ4v) is 2.89. The van der Waals surface area contributed by atoms with Gasteiger partial charge in [0.1, 0.15) is 4.88 Å². The predicted octanol–water partition coefficient (Wildman–Crippen LogP) is 3.95. The standard InChI is InChI=1S/C17H21NO4S/c1-10(2)9-22-17(19)16-15(18-11(3)23-16)12-6-7-13(20-4)14(8-12)21-5/h6-8,10H,9H2,1-5H3. The molecule has 2 aromatic rings. The van der Waals surface area contributed by atoms with Crippen molar-refractivity contribution in [2.45, 2.75) is 20.8 Å². The van der Waals surface area contributed by atoms with Crippen molar-refractivity contribution < 1.29 is 19.0 Å². The van der Waals surface area contributed by atoms with Gasteiger partial charge >= 0.3 is 5.97 Å². The Morgan fingerprint density at radius 3 is 2.52 bits per heavy atom. The zero-order chi connectivity index (χ0) is 17.0. The average Bonchev–Trinajstić information content (AvgIpc) is 2.93. The molecule has 1 heterocycles. The van der Waals surface area contributed by atoms with Crippen LogP contribution in [0.4, 0.5) is 0 Å². The van der Waals surface area contributed by atoms with Gasteiger partial charge in [-0.3, -0.25) is 0 Å². The minimum absolute atomic E-state index is 0.289. The molecule has 0 amide bonds. The highest BCUT2D eigenvalue weighted by atomic mass is 32.1. The maximum absolute atomic E-state index is 12.3. The van der Waals surface area contributed by atoms with Crippen LogP contribution in [0.3, 0.4) is 0 Å². The number of carbonyl (C=O) groups is 1. The average molecular weight is 335 g/mol. The minimum Gasteiger partial charge on any atom is -0.493 e. The van der Waals surface area contributed by atoms with Gasteiger partial charge in [-0.15, -0.1) is 11.3 Å². The van der Waals surface area contributed by atoms with Crippen molar-refractivity contribution in [2.24, 2.45) is 5.92 Å². The molecule has 0 aliphatic carbocycles. The Hall–Kier alpha value is -2.08. The second-order valence-corrected chi connectivity index (χ2v) is 6.68. The molecule has 0 aliphatic heterocycles. The van der Waals surface area contributed by atoms with Gasteiger partial charge in [0.2, 0.25) is 0 Å². The number of benzene rings is 1. The second-order valence-electron chi connectivity index (χ2n) is 5.47. The quantitative estimate of drug-likeness (QED) is 0.748. The van der Waals surface area contributed by atoms with Gasteiger partial charge in [-0.1, -0.05) is 13.8 Å². The fourth-order valence-electron chi connectivity index (χ4n) is 2.05. The molecule has 0 N–H and O–H groups in total. The van der Waals surface area contributed by atoms with Crippen molar-refractivity contribution >= 4 is 17.3 Å². The first-order valence-corrected chi connectivity index (χ1v) is 8.14. The highest BCUT2D eigenvalue weighted by Gasteiger charge is 2.21. The molecule has 0 aliphatic rings. The van der Waals surface area contributed by atoms with Gasteiger partial charge in [-0.25, -0.2) is 9.78 Å². The molecular formula is C17H21NO4S. The van der Waals surface area contributed by atoms with E-state index < -0.39 is 0 Å².